The third-order valence-electron chi connectivity index (χ3n) is 2.27. The van der Waals surface area contributed by atoms with Gasteiger partial charge in [-0.05, 0) is 0 Å². The van der Waals surface area contributed by atoms with Crippen LogP contribution in [0.25, 0.3) is 0 Å². The Morgan fingerprint density at radius 2 is 0.810 bits per heavy atom. The van der Waals surface area contributed by atoms with E-state index in [9.17, 15) is 57.1 Å². The van der Waals surface area contributed by atoms with Crippen LogP contribution in [0.2, 0.25) is 0 Å². The minimum atomic E-state index is -7.11. The number of alkyl halides is 13. The predicted molar refractivity (Wildman–Crippen MR) is 41.1 cm³/mol. The lowest BCUT2D eigenvalue weighted by Gasteiger charge is -2.35. The summed E-state index contributed by atoms with van der Waals surface area (Å²) >= 11 is 0. The summed E-state index contributed by atoms with van der Waals surface area (Å²) < 4.78 is 160. The van der Waals surface area contributed by atoms with E-state index < -0.39 is 49.1 Å². The highest BCUT2D eigenvalue weighted by atomic mass is 19.4. The molecule has 0 nitrogen and oxygen atoms in total. The Morgan fingerprint density at radius 1 is 0.524 bits per heavy atom. The molecule has 0 aromatic carbocycles. The summed E-state index contributed by atoms with van der Waals surface area (Å²) in [5.41, 5.74) is 0. The molecule has 0 aliphatic heterocycles. The van der Waals surface area contributed by atoms with Crippen molar-refractivity contribution in [2.45, 2.75) is 49.1 Å². The predicted octanol–water partition coefficient (Wildman–Crippen LogP) is 5.14. The SMILES string of the molecule is CC(F)(F)C(F)(F)C(F)(F)CC(F)(F)C(F)(F)C(F)(F)F. The molecule has 0 spiro atoms. The van der Waals surface area contributed by atoms with Crippen molar-refractivity contribution in [1.29, 1.82) is 0 Å². The molecule has 0 radical (unpaired) electrons. The molecule has 0 bridgehead atoms. The molecule has 0 aromatic heterocycles. The van der Waals surface area contributed by atoms with Crippen molar-refractivity contribution in [3.8, 4) is 0 Å². The lowest BCUT2D eigenvalue weighted by atomic mass is 9.96. The van der Waals surface area contributed by atoms with Crippen molar-refractivity contribution < 1.29 is 57.1 Å². The van der Waals surface area contributed by atoms with E-state index in [-0.39, 0.29) is 0 Å². The molecule has 0 aromatic rings. The van der Waals surface area contributed by atoms with Gasteiger partial charge in [-0.1, -0.05) is 0 Å². The van der Waals surface area contributed by atoms with Gasteiger partial charge in [0, 0.05) is 6.92 Å². The topological polar surface area (TPSA) is 0 Å². The number of rotatable bonds is 5. The summed E-state index contributed by atoms with van der Waals surface area (Å²) in [7, 11) is 0. The van der Waals surface area contributed by atoms with Crippen LogP contribution in [0.3, 0.4) is 0 Å². The van der Waals surface area contributed by atoms with E-state index in [2.05, 4.69) is 0 Å². The van der Waals surface area contributed by atoms with E-state index in [0.717, 1.165) is 0 Å². The molecule has 0 saturated heterocycles. The fourth-order valence-electron chi connectivity index (χ4n) is 1.03. The Hall–Kier alpha value is -0.910. The van der Waals surface area contributed by atoms with E-state index in [0.29, 0.717) is 0 Å². The maximum Gasteiger partial charge on any atom is 0.459 e. The van der Waals surface area contributed by atoms with Crippen molar-refractivity contribution in [3.63, 3.8) is 0 Å². The molecular weight excluding hydrogens is 343 g/mol. The maximum absolute atomic E-state index is 12.7. The molecule has 0 rings (SSSR count). The fourth-order valence-corrected chi connectivity index (χ4v) is 1.03. The van der Waals surface area contributed by atoms with Gasteiger partial charge in [-0.2, -0.15) is 57.1 Å². The van der Waals surface area contributed by atoms with Crippen LogP contribution in [0.4, 0.5) is 57.1 Å². The molecule has 0 saturated carbocycles. The quantitative estimate of drug-likeness (QED) is 0.604. The molecule has 0 heterocycles. The van der Waals surface area contributed by atoms with Gasteiger partial charge in [0.05, 0.1) is 6.42 Å². The molecular formula is C8H5F13. The van der Waals surface area contributed by atoms with Crippen LogP contribution in [0, 0.1) is 0 Å². The number of hydrogen-bond donors (Lipinski definition) is 0. The van der Waals surface area contributed by atoms with Crippen LogP contribution in [-0.4, -0.2) is 35.8 Å². The van der Waals surface area contributed by atoms with Gasteiger partial charge in [-0.25, -0.2) is 0 Å². The summed E-state index contributed by atoms with van der Waals surface area (Å²) in [6, 6.07) is 0. The van der Waals surface area contributed by atoms with Crippen LogP contribution in [0.1, 0.15) is 13.3 Å². The molecule has 0 amide bonds. The average molecular weight is 348 g/mol. The molecule has 0 aliphatic carbocycles. The summed E-state index contributed by atoms with van der Waals surface area (Å²) in [4.78, 5) is 0. The lowest BCUT2D eigenvalue weighted by Crippen LogP contribution is -2.59. The minimum absolute atomic E-state index is 0.832. The van der Waals surface area contributed by atoms with Crippen molar-refractivity contribution in [2.24, 2.45) is 0 Å². The Labute approximate surface area is 107 Å². The van der Waals surface area contributed by atoms with E-state index in [1.54, 1.807) is 0 Å². The first kappa shape index (κ1) is 20.1. The number of halogens is 13. The van der Waals surface area contributed by atoms with Gasteiger partial charge in [0.1, 0.15) is 0 Å². The Bertz CT molecular complexity index is 335. The molecule has 0 fully saturated rings. The van der Waals surface area contributed by atoms with Gasteiger partial charge in [0.2, 0.25) is 0 Å². The van der Waals surface area contributed by atoms with Gasteiger partial charge in [0.25, 0.3) is 0 Å². The highest BCUT2D eigenvalue weighted by Crippen LogP contribution is 2.55. The second-order valence-electron chi connectivity index (χ2n) is 4.12. The summed E-state index contributed by atoms with van der Waals surface area (Å²) in [6.07, 6.45) is -11.2. The third-order valence-corrected chi connectivity index (χ3v) is 2.27. The van der Waals surface area contributed by atoms with Crippen LogP contribution < -0.4 is 0 Å². The summed E-state index contributed by atoms with van der Waals surface area (Å²) in [5.74, 6) is -32.6. The highest BCUT2D eigenvalue weighted by Gasteiger charge is 2.79. The van der Waals surface area contributed by atoms with Crippen molar-refractivity contribution in [2.75, 3.05) is 0 Å². The van der Waals surface area contributed by atoms with Gasteiger partial charge >= 0.3 is 35.8 Å². The standard InChI is InChI=1S/C8H5F13/c1-3(9,10)6(15,16)4(11,12)2-5(13,14)7(17,18)8(19,20)21/h2H2,1H3. The molecule has 0 unspecified atom stereocenters. The fraction of sp³-hybridized carbons (Fsp3) is 1.00. The van der Waals surface area contributed by atoms with Crippen LogP contribution in [-0.2, 0) is 0 Å². The summed E-state index contributed by atoms with van der Waals surface area (Å²) in [5, 5.41) is 0. The van der Waals surface area contributed by atoms with Gasteiger partial charge in [-0.15, -0.1) is 0 Å². The zero-order chi connectivity index (χ0) is 17.7. The second-order valence-corrected chi connectivity index (χ2v) is 4.12. The van der Waals surface area contributed by atoms with E-state index in [1.165, 1.54) is 0 Å². The first-order valence-electron chi connectivity index (χ1n) is 4.66. The zero-order valence-corrected chi connectivity index (χ0v) is 9.62. The summed E-state index contributed by atoms with van der Waals surface area (Å²) in [6.45, 7) is -0.832. The Morgan fingerprint density at radius 3 is 1.05 bits per heavy atom. The zero-order valence-electron chi connectivity index (χ0n) is 9.62. The largest absolute Gasteiger partial charge is 0.459 e. The maximum atomic E-state index is 12.7. The van der Waals surface area contributed by atoms with Crippen LogP contribution in [0.5, 0.6) is 0 Å². The van der Waals surface area contributed by atoms with Crippen molar-refractivity contribution in [3.05, 3.63) is 0 Å². The van der Waals surface area contributed by atoms with Gasteiger partial charge in [0.15, 0.2) is 0 Å². The molecule has 13 heteroatoms. The van der Waals surface area contributed by atoms with Gasteiger partial charge in [-0.3, -0.25) is 0 Å². The normalized spacial score (nSPS) is 16.3. The number of hydrogen-bond acceptors (Lipinski definition) is 0. The second kappa shape index (κ2) is 4.80. The highest BCUT2D eigenvalue weighted by molar-refractivity contribution is 5.01. The van der Waals surface area contributed by atoms with E-state index >= 15 is 0 Å². The first-order chi connectivity index (χ1) is 8.71. The smallest absolute Gasteiger partial charge is 0.200 e. The first-order valence-corrected chi connectivity index (χ1v) is 4.66. The molecule has 21 heavy (non-hydrogen) atoms. The minimum Gasteiger partial charge on any atom is -0.200 e. The van der Waals surface area contributed by atoms with Crippen LogP contribution >= 0.6 is 0 Å². The van der Waals surface area contributed by atoms with Crippen molar-refractivity contribution >= 4 is 0 Å². The average Bonchev–Trinajstić information content (AvgIpc) is 2.11. The van der Waals surface area contributed by atoms with Crippen molar-refractivity contribution in [1.82, 2.24) is 0 Å². The molecule has 0 N–H and O–H groups in total. The third kappa shape index (κ3) is 3.30. The Balaban J connectivity index is 5.65. The van der Waals surface area contributed by atoms with Crippen LogP contribution in [0.15, 0.2) is 0 Å². The molecule has 128 valence electrons. The molecule has 0 aliphatic rings. The van der Waals surface area contributed by atoms with E-state index in [4.69, 9.17) is 0 Å². The molecule has 0 atom stereocenters. The monoisotopic (exact) mass is 348 g/mol. The Kier molecular flexibility index (Phi) is 4.59. The lowest BCUT2D eigenvalue weighted by molar-refractivity contribution is -0.379. The van der Waals surface area contributed by atoms with Gasteiger partial charge < -0.3 is 0 Å². The van der Waals surface area contributed by atoms with E-state index in [1.807, 2.05) is 0 Å².